The quantitative estimate of drug-likeness (QED) is 0.389. The van der Waals surface area contributed by atoms with E-state index in [0.29, 0.717) is 27.8 Å². The van der Waals surface area contributed by atoms with E-state index in [9.17, 15) is 14.4 Å². The predicted molar refractivity (Wildman–Crippen MR) is 128 cm³/mol. The van der Waals surface area contributed by atoms with Gasteiger partial charge in [0.25, 0.3) is 5.91 Å². The normalized spacial score (nSPS) is 15.2. The van der Waals surface area contributed by atoms with Crippen LogP contribution < -0.4 is 10.3 Å². The Kier molecular flexibility index (Phi) is 4.97. The second-order valence-electron chi connectivity index (χ2n) is 8.45. The summed E-state index contributed by atoms with van der Waals surface area (Å²) < 4.78 is 6.02. The zero-order valence-corrected chi connectivity index (χ0v) is 18.7. The van der Waals surface area contributed by atoms with Crippen LogP contribution in [0.4, 0.5) is 5.69 Å². The maximum atomic E-state index is 13.7. The molecule has 5 heteroatoms. The van der Waals surface area contributed by atoms with Gasteiger partial charge in [-0.05, 0) is 67.8 Å². The topological polar surface area (TPSA) is 67.6 Å². The molecular formula is C28H23NO4. The molecule has 5 nitrogen and oxygen atoms in total. The number of carbonyl (C=O) groups excluding carboxylic acids is 2. The van der Waals surface area contributed by atoms with Crippen molar-refractivity contribution in [1.29, 1.82) is 0 Å². The Morgan fingerprint density at radius 3 is 2.30 bits per heavy atom. The van der Waals surface area contributed by atoms with Crippen LogP contribution in [0.2, 0.25) is 0 Å². The molecule has 0 saturated heterocycles. The Bertz CT molecular complexity index is 1460. The molecule has 33 heavy (non-hydrogen) atoms. The smallest absolute Gasteiger partial charge is 0.295 e. The second kappa shape index (κ2) is 7.85. The molecule has 0 fully saturated rings. The summed E-state index contributed by atoms with van der Waals surface area (Å²) in [5, 5.41) is 0.463. The molecule has 4 aromatic rings. The molecule has 0 aliphatic carbocycles. The van der Waals surface area contributed by atoms with Gasteiger partial charge in [-0.3, -0.25) is 19.3 Å². The van der Waals surface area contributed by atoms with Gasteiger partial charge < -0.3 is 4.42 Å². The van der Waals surface area contributed by atoms with Crippen LogP contribution in [-0.2, 0) is 6.42 Å². The van der Waals surface area contributed by atoms with E-state index in [0.717, 1.165) is 17.5 Å². The summed E-state index contributed by atoms with van der Waals surface area (Å²) in [5.74, 6) is -0.357. The summed E-state index contributed by atoms with van der Waals surface area (Å²) in [6, 6.07) is 19.6. The maximum Gasteiger partial charge on any atom is 0.295 e. The molecule has 0 spiro atoms. The highest BCUT2D eigenvalue weighted by atomic mass is 16.3. The van der Waals surface area contributed by atoms with Crippen molar-refractivity contribution in [3.8, 4) is 0 Å². The lowest BCUT2D eigenvalue weighted by Gasteiger charge is -2.25. The summed E-state index contributed by atoms with van der Waals surface area (Å²) in [6.07, 6.45) is 0.892. The summed E-state index contributed by atoms with van der Waals surface area (Å²) in [7, 11) is 0. The first-order valence-corrected chi connectivity index (χ1v) is 11.0. The fourth-order valence-electron chi connectivity index (χ4n) is 4.46. The van der Waals surface area contributed by atoms with E-state index in [1.54, 1.807) is 41.3 Å². The van der Waals surface area contributed by atoms with Crippen LogP contribution in [0.15, 0.2) is 75.9 Å². The van der Waals surface area contributed by atoms with E-state index < -0.39 is 6.04 Å². The van der Waals surface area contributed by atoms with Crippen LogP contribution in [0, 0.1) is 6.92 Å². The van der Waals surface area contributed by atoms with Crippen LogP contribution in [0.25, 0.3) is 11.0 Å². The van der Waals surface area contributed by atoms with E-state index in [1.807, 2.05) is 37.3 Å². The van der Waals surface area contributed by atoms with Gasteiger partial charge in [0.2, 0.25) is 5.76 Å². The predicted octanol–water partition coefficient (Wildman–Crippen LogP) is 5.62. The van der Waals surface area contributed by atoms with Gasteiger partial charge in [-0.15, -0.1) is 0 Å². The largest absolute Gasteiger partial charge is 0.450 e. The molecule has 0 saturated carbocycles. The number of nitrogens with zero attached hydrogens (tertiary/aromatic N) is 1. The molecule has 2 heterocycles. The monoisotopic (exact) mass is 437 g/mol. The minimum Gasteiger partial charge on any atom is -0.450 e. The van der Waals surface area contributed by atoms with Crippen LogP contribution in [0.1, 0.15) is 63.1 Å². The Morgan fingerprint density at radius 1 is 0.970 bits per heavy atom. The molecule has 1 atom stereocenters. The van der Waals surface area contributed by atoms with Gasteiger partial charge in [-0.2, -0.15) is 0 Å². The highest BCUT2D eigenvalue weighted by Crippen LogP contribution is 2.41. The van der Waals surface area contributed by atoms with E-state index in [-0.39, 0.29) is 22.9 Å². The number of benzene rings is 3. The first kappa shape index (κ1) is 20.9. The number of aryl methyl sites for hydroxylation is 2. The Morgan fingerprint density at radius 2 is 1.67 bits per heavy atom. The SMILES string of the molecule is CCc1ccc(C2c3c(oc4ccc(C)cc4c3=O)C(=O)N2c2ccc(C(C)=O)cc2)cc1. The molecule has 1 unspecified atom stereocenters. The van der Waals surface area contributed by atoms with Gasteiger partial charge in [0.05, 0.1) is 17.0 Å². The molecular weight excluding hydrogens is 414 g/mol. The molecule has 5 rings (SSSR count). The summed E-state index contributed by atoms with van der Waals surface area (Å²) >= 11 is 0. The highest BCUT2D eigenvalue weighted by molar-refractivity contribution is 6.11. The molecule has 1 aromatic heterocycles. The lowest BCUT2D eigenvalue weighted by Crippen LogP contribution is -2.29. The van der Waals surface area contributed by atoms with E-state index >= 15 is 0 Å². The van der Waals surface area contributed by atoms with Crippen LogP contribution in [-0.4, -0.2) is 11.7 Å². The first-order valence-electron chi connectivity index (χ1n) is 11.0. The average Bonchev–Trinajstić information content (AvgIpc) is 3.12. The van der Waals surface area contributed by atoms with Gasteiger partial charge in [0, 0.05) is 11.3 Å². The molecule has 0 bridgehead atoms. The minimum absolute atomic E-state index is 0.0530. The molecule has 0 radical (unpaired) electrons. The van der Waals surface area contributed by atoms with Crippen molar-refractivity contribution in [1.82, 2.24) is 0 Å². The highest BCUT2D eigenvalue weighted by Gasteiger charge is 2.43. The number of ketones is 1. The number of rotatable bonds is 4. The molecule has 3 aromatic carbocycles. The lowest BCUT2D eigenvalue weighted by atomic mass is 9.96. The maximum absolute atomic E-state index is 13.7. The zero-order chi connectivity index (χ0) is 23.3. The first-order chi connectivity index (χ1) is 15.9. The van der Waals surface area contributed by atoms with Crippen LogP contribution in [0.3, 0.4) is 0 Å². The Labute approximate surface area is 191 Å². The number of hydrogen-bond donors (Lipinski definition) is 0. The van der Waals surface area contributed by atoms with E-state index in [2.05, 4.69) is 6.92 Å². The number of amides is 1. The van der Waals surface area contributed by atoms with E-state index in [4.69, 9.17) is 4.42 Å². The molecule has 1 aliphatic rings. The minimum atomic E-state index is -0.622. The molecule has 164 valence electrons. The Hall–Kier alpha value is -3.99. The van der Waals surface area contributed by atoms with Crippen molar-refractivity contribution in [2.24, 2.45) is 0 Å². The van der Waals surface area contributed by atoms with Crippen molar-refractivity contribution in [3.63, 3.8) is 0 Å². The number of anilines is 1. The third-order valence-corrected chi connectivity index (χ3v) is 6.28. The van der Waals surface area contributed by atoms with Gasteiger partial charge in [0.1, 0.15) is 5.58 Å². The summed E-state index contributed by atoms with van der Waals surface area (Å²) in [5.41, 5.74) is 4.64. The lowest BCUT2D eigenvalue weighted by molar-refractivity contribution is 0.0970. The van der Waals surface area contributed by atoms with Gasteiger partial charge in [-0.1, -0.05) is 42.8 Å². The van der Waals surface area contributed by atoms with Crippen molar-refractivity contribution >= 4 is 28.3 Å². The van der Waals surface area contributed by atoms with Crippen molar-refractivity contribution in [2.45, 2.75) is 33.2 Å². The fourth-order valence-corrected chi connectivity index (χ4v) is 4.46. The average molecular weight is 437 g/mol. The number of carbonyl (C=O) groups is 2. The van der Waals surface area contributed by atoms with E-state index in [1.165, 1.54) is 12.5 Å². The van der Waals surface area contributed by atoms with Gasteiger partial charge in [-0.25, -0.2) is 0 Å². The number of Topliss-reactive ketones (excluding diaryl/α,β-unsaturated/α-hetero) is 1. The molecule has 1 aliphatic heterocycles. The van der Waals surface area contributed by atoms with Crippen molar-refractivity contribution < 1.29 is 14.0 Å². The van der Waals surface area contributed by atoms with Crippen LogP contribution >= 0.6 is 0 Å². The standard InChI is InChI=1S/C28H23NO4/c1-4-18-6-8-20(9-7-18)25-24-26(31)22-15-16(2)5-14-23(22)33-27(24)28(32)29(25)21-12-10-19(11-13-21)17(3)30/h5-15,25H,4H2,1-3H3. The van der Waals surface area contributed by atoms with Gasteiger partial charge in [0.15, 0.2) is 11.2 Å². The van der Waals surface area contributed by atoms with Crippen molar-refractivity contribution in [3.05, 3.63) is 111 Å². The molecule has 0 N–H and O–H groups in total. The second-order valence-corrected chi connectivity index (χ2v) is 8.45. The Balaban J connectivity index is 1.76. The number of hydrogen-bond acceptors (Lipinski definition) is 4. The third kappa shape index (κ3) is 3.37. The van der Waals surface area contributed by atoms with Crippen molar-refractivity contribution in [2.75, 3.05) is 4.90 Å². The van der Waals surface area contributed by atoms with Crippen LogP contribution in [0.5, 0.6) is 0 Å². The fraction of sp³-hybridized carbons (Fsp3) is 0.179. The number of fused-ring (bicyclic) bond motifs is 2. The summed E-state index contributed by atoms with van der Waals surface area (Å²) in [4.78, 5) is 40.6. The zero-order valence-electron chi connectivity index (χ0n) is 18.7. The van der Waals surface area contributed by atoms with Gasteiger partial charge >= 0.3 is 0 Å². The molecule has 1 amide bonds. The third-order valence-electron chi connectivity index (χ3n) is 6.28. The summed E-state index contributed by atoms with van der Waals surface area (Å²) in [6.45, 7) is 5.50.